The van der Waals surface area contributed by atoms with Crippen LogP contribution in [0.1, 0.15) is 47.6 Å². The van der Waals surface area contributed by atoms with Gasteiger partial charge in [0.25, 0.3) is 0 Å². The number of amides is 1. The van der Waals surface area contributed by atoms with Crippen molar-refractivity contribution in [2.45, 2.75) is 36.9 Å². The fourth-order valence-electron chi connectivity index (χ4n) is 2.63. The number of nitrogens with zero attached hydrogens (tertiary/aromatic N) is 4. The Hall–Kier alpha value is -2.22. The Morgan fingerprint density at radius 2 is 2.26 bits per heavy atom. The molecule has 118 valence electrons. The molecule has 0 bridgehead atoms. The molecule has 1 N–H and O–H groups in total. The van der Waals surface area contributed by atoms with Crippen molar-refractivity contribution in [3.8, 4) is 0 Å². The molecule has 8 heteroatoms. The zero-order valence-electron chi connectivity index (χ0n) is 12.5. The maximum absolute atomic E-state index is 12.4. The van der Waals surface area contributed by atoms with Gasteiger partial charge in [-0.2, -0.15) is 0 Å². The van der Waals surface area contributed by atoms with Gasteiger partial charge in [-0.25, -0.2) is 4.68 Å². The number of thioether (sulfide) groups is 1. The highest BCUT2D eigenvalue weighted by Crippen LogP contribution is 2.36. The molecule has 0 saturated heterocycles. The number of nitrogens with one attached hydrogen (secondary N) is 1. The highest BCUT2D eigenvalue weighted by molar-refractivity contribution is 7.99. The first-order chi connectivity index (χ1) is 11.1. The van der Waals surface area contributed by atoms with Crippen LogP contribution in [0.2, 0.25) is 0 Å². The predicted molar refractivity (Wildman–Crippen MR) is 84.6 cm³/mol. The maximum atomic E-state index is 12.4. The molecule has 1 saturated carbocycles. The van der Waals surface area contributed by atoms with Crippen LogP contribution >= 0.6 is 11.8 Å². The first kappa shape index (κ1) is 14.4. The van der Waals surface area contributed by atoms with Crippen molar-refractivity contribution in [3.63, 3.8) is 0 Å². The summed E-state index contributed by atoms with van der Waals surface area (Å²) in [6, 6.07) is 5.75. The average molecular weight is 329 g/mol. The minimum atomic E-state index is -0.215. The predicted octanol–water partition coefficient (Wildman–Crippen LogP) is 2.04. The molecule has 0 spiro atoms. The van der Waals surface area contributed by atoms with E-state index in [9.17, 15) is 9.59 Å². The van der Waals surface area contributed by atoms with E-state index in [-0.39, 0.29) is 23.4 Å². The molecular formula is C15H15N5O2S. The molecule has 1 unspecified atom stereocenters. The highest BCUT2D eigenvalue weighted by atomic mass is 32.2. The number of anilines is 1. The van der Waals surface area contributed by atoms with Crippen molar-refractivity contribution < 1.29 is 9.59 Å². The Bertz CT molecular complexity index is 799. The van der Waals surface area contributed by atoms with Gasteiger partial charge >= 0.3 is 0 Å². The molecule has 2 aromatic rings. The van der Waals surface area contributed by atoms with Gasteiger partial charge in [0.05, 0.1) is 17.7 Å². The van der Waals surface area contributed by atoms with Gasteiger partial charge in [0.2, 0.25) is 11.1 Å². The average Bonchev–Trinajstić information content (AvgIpc) is 3.23. The lowest BCUT2D eigenvalue weighted by Gasteiger charge is -2.05. The van der Waals surface area contributed by atoms with E-state index in [0.717, 1.165) is 24.1 Å². The first-order valence-corrected chi connectivity index (χ1v) is 8.50. The molecule has 1 fully saturated rings. The number of tetrazole rings is 1. The molecule has 7 nitrogen and oxygen atoms in total. The third-order valence-electron chi connectivity index (χ3n) is 4.18. The van der Waals surface area contributed by atoms with Gasteiger partial charge in [-0.15, -0.1) is 5.10 Å². The number of hydrogen-bond donors (Lipinski definition) is 1. The second-order valence-corrected chi connectivity index (χ2v) is 6.80. The van der Waals surface area contributed by atoms with Gasteiger partial charge in [0.15, 0.2) is 5.78 Å². The number of carbonyl (C=O) groups is 2. The van der Waals surface area contributed by atoms with E-state index in [0.29, 0.717) is 16.8 Å². The van der Waals surface area contributed by atoms with Gasteiger partial charge in [0.1, 0.15) is 0 Å². The van der Waals surface area contributed by atoms with Gasteiger partial charge in [-0.3, -0.25) is 9.59 Å². The Labute approximate surface area is 136 Å². The number of rotatable bonds is 5. The van der Waals surface area contributed by atoms with E-state index in [1.54, 1.807) is 16.8 Å². The van der Waals surface area contributed by atoms with E-state index in [4.69, 9.17) is 0 Å². The van der Waals surface area contributed by atoms with Crippen molar-refractivity contribution in [1.29, 1.82) is 0 Å². The van der Waals surface area contributed by atoms with Crippen LogP contribution in [0.5, 0.6) is 0 Å². The number of benzene rings is 1. The molecule has 1 aromatic carbocycles. The van der Waals surface area contributed by atoms with Crippen LogP contribution in [-0.2, 0) is 4.79 Å². The summed E-state index contributed by atoms with van der Waals surface area (Å²) in [5.74, 6) is 0.0478. The van der Waals surface area contributed by atoms with E-state index in [2.05, 4.69) is 20.8 Å². The molecule has 1 atom stereocenters. The van der Waals surface area contributed by atoms with Crippen LogP contribution in [0.4, 0.5) is 5.69 Å². The summed E-state index contributed by atoms with van der Waals surface area (Å²) in [7, 11) is 0. The summed E-state index contributed by atoms with van der Waals surface area (Å²) >= 11 is 1.35. The molecule has 1 aliphatic carbocycles. The highest BCUT2D eigenvalue weighted by Gasteiger charge is 2.29. The SMILES string of the molecule is CC1C(=O)Nc2ccc(C(=O)CSc3nnnn3C3CC3)cc21. The molecule has 0 radical (unpaired) electrons. The summed E-state index contributed by atoms with van der Waals surface area (Å²) < 4.78 is 1.80. The van der Waals surface area contributed by atoms with Crippen molar-refractivity contribution in [2.24, 2.45) is 0 Å². The van der Waals surface area contributed by atoms with Crippen LogP contribution in [-0.4, -0.2) is 37.7 Å². The van der Waals surface area contributed by atoms with Crippen LogP contribution in [0, 0.1) is 0 Å². The number of aromatic nitrogens is 4. The number of fused-ring (bicyclic) bond motifs is 1. The first-order valence-electron chi connectivity index (χ1n) is 7.52. The summed E-state index contributed by atoms with van der Waals surface area (Å²) in [5.41, 5.74) is 2.29. The normalized spacial score (nSPS) is 19.5. The Kier molecular flexibility index (Phi) is 3.41. The Morgan fingerprint density at radius 1 is 1.43 bits per heavy atom. The third kappa shape index (κ3) is 2.63. The van der Waals surface area contributed by atoms with E-state index in [1.165, 1.54) is 11.8 Å². The van der Waals surface area contributed by atoms with Gasteiger partial charge in [0, 0.05) is 11.3 Å². The minimum absolute atomic E-state index is 0.00898. The number of ketones is 1. The lowest BCUT2D eigenvalue weighted by atomic mass is 9.99. The smallest absolute Gasteiger partial charge is 0.231 e. The lowest BCUT2D eigenvalue weighted by Crippen LogP contribution is -2.08. The molecule has 2 aliphatic rings. The van der Waals surface area contributed by atoms with Gasteiger partial charge in [-0.05, 0) is 54.0 Å². The van der Waals surface area contributed by atoms with Gasteiger partial charge < -0.3 is 5.32 Å². The summed E-state index contributed by atoms with van der Waals surface area (Å²) in [6.45, 7) is 1.84. The van der Waals surface area contributed by atoms with Crippen LogP contribution in [0.3, 0.4) is 0 Å². The molecule has 1 amide bonds. The lowest BCUT2D eigenvalue weighted by molar-refractivity contribution is -0.116. The van der Waals surface area contributed by atoms with E-state index in [1.807, 2.05) is 13.0 Å². The number of Topliss-reactive ketones (excluding diaryl/α,β-unsaturated/α-hetero) is 1. The summed E-state index contributed by atoms with van der Waals surface area (Å²) in [4.78, 5) is 24.1. The molecule has 23 heavy (non-hydrogen) atoms. The molecule has 4 rings (SSSR count). The van der Waals surface area contributed by atoms with Crippen molar-refractivity contribution in [2.75, 3.05) is 11.1 Å². The van der Waals surface area contributed by atoms with Crippen LogP contribution < -0.4 is 5.32 Å². The summed E-state index contributed by atoms with van der Waals surface area (Å²) in [6.07, 6.45) is 2.19. The monoisotopic (exact) mass is 329 g/mol. The second-order valence-electron chi connectivity index (χ2n) is 5.86. The Morgan fingerprint density at radius 3 is 3.04 bits per heavy atom. The molecule has 2 heterocycles. The number of hydrogen-bond acceptors (Lipinski definition) is 6. The van der Waals surface area contributed by atoms with E-state index >= 15 is 0 Å². The van der Waals surface area contributed by atoms with Crippen molar-refractivity contribution >= 4 is 29.1 Å². The molecular weight excluding hydrogens is 314 g/mol. The fourth-order valence-corrected chi connectivity index (χ4v) is 3.47. The zero-order chi connectivity index (χ0) is 16.0. The topological polar surface area (TPSA) is 89.8 Å². The van der Waals surface area contributed by atoms with Crippen LogP contribution in [0.25, 0.3) is 0 Å². The summed E-state index contributed by atoms with van der Waals surface area (Å²) in [5, 5.41) is 15.1. The Balaban J connectivity index is 1.47. The second kappa shape index (κ2) is 5.45. The van der Waals surface area contributed by atoms with Crippen LogP contribution in [0.15, 0.2) is 23.4 Å². The zero-order valence-corrected chi connectivity index (χ0v) is 13.3. The van der Waals surface area contributed by atoms with Crippen molar-refractivity contribution in [1.82, 2.24) is 20.2 Å². The largest absolute Gasteiger partial charge is 0.325 e. The molecule has 1 aromatic heterocycles. The standard InChI is InChI=1S/C15H15N5O2S/c1-8-11-6-9(2-5-12(11)16-14(8)22)13(21)7-23-15-17-18-19-20(15)10-3-4-10/h2,5-6,8,10H,3-4,7H2,1H3,(H,16,22). The van der Waals surface area contributed by atoms with Gasteiger partial charge in [-0.1, -0.05) is 11.8 Å². The van der Waals surface area contributed by atoms with Crippen molar-refractivity contribution in [3.05, 3.63) is 29.3 Å². The number of carbonyl (C=O) groups excluding carboxylic acids is 2. The third-order valence-corrected chi connectivity index (χ3v) is 5.11. The molecule has 1 aliphatic heterocycles. The van der Waals surface area contributed by atoms with E-state index < -0.39 is 0 Å². The fraction of sp³-hybridized carbons (Fsp3) is 0.400. The maximum Gasteiger partial charge on any atom is 0.231 e. The quantitative estimate of drug-likeness (QED) is 0.667. The minimum Gasteiger partial charge on any atom is -0.325 e.